The van der Waals surface area contributed by atoms with E-state index < -0.39 is 28.3 Å². The van der Waals surface area contributed by atoms with Gasteiger partial charge in [-0.3, -0.25) is 0 Å². The molecule has 0 atom stereocenters. The van der Waals surface area contributed by atoms with Crippen molar-refractivity contribution < 1.29 is 23.2 Å². The maximum atomic E-state index is 12.0. The minimum absolute atomic E-state index is 0.233. The molecule has 1 heterocycles. The lowest BCUT2D eigenvalue weighted by molar-refractivity contribution is -0.0982. The summed E-state index contributed by atoms with van der Waals surface area (Å²) in [7, 11) is -4.83. The highest BCUT2D eigenvalue weighted by molar-refractivity contribution is 7.90. The van der Waals surface area contributed by atoms with Gasteiger partial charge in [0.1, 0.15) is 0 Å². The first-order valence-electron chi connectivity index (χ1n) is 6.82. The van der Waals surface area contributed by atoms with Gasteiger partial charge in [-0.2, -0.15) is 9.19 Å². The van der Waals surface area contributed by atoms with E-state index >= 15 is 0 Å². The molecule has 1 fully saturated rings. The van der Waals surface area contributed by atoms with E-state index in [1.807, 2.05) is 0 Å². The van der Waals surface area contributed by atoms with Crippen molar-refractivity contribution in [2.75, 3.05) is 0 Å². The van der Waals surface area contributed by atoms with E-state index in [0.29, 0.717) is 12.8 Å². The second kappa shape index (κ2) is 5.08. The van der Waals surface area contributed by atoms with E-state index in [0.717, 1.165) is 4.09 Å². The van der Waals surface area contributed by atoms with Gasteiger partial charge in [-0.25, -0.2) is 8.42 Å². The van der Waals surface area contributed by atoms with Crippen LogP contribution in [0.1, 0.15) is 40.5 Å². The van der Waals surface area contributed by atoms with Crippen molar-refractivity contribution in [2.45, 2.75) is 57.0 Å². The van der Waals surface area contributed by atoms with Crippen molar-refractivity contribution in [3.8, 4) is 0 Å². The molecule has 0 unspecified atom stereocenters. The zero-order valence-corrected chi connectivity index (χ0v) is 13.5. The van der Waals surface area contributed by atoms with Gasteiger partial charge in [0.15, 0.2) is 0 Å². The van der Waals surface area contributed by atoms with Crippen LogP contribution in [0.3, 0.4) is 0 Å². The molecular formula is C12H21BN2O5S. The number of aliphatic hydroxyl groups is 1. The zero-order valence-electron chi connectivity index (χ0n) is 12.6. The summed E-state index contributed by atoms with van der Waals surface area (Å²) in [6, 6.07) is 0. The third-order valence-corrected chi connectivity index (χ3v) is 5.99. The largest absolute Gasteiger partial charge is 0.494 e. The third-order valence-electron chi connectivity index (χ3n) is 3.95. The summed E-state index contributed by atoms with van der Waals surface area (Å²) in [5, 5.41) is 23.5. The first-order chi connectivity index (χ1) is 9.45. The lowest BCUT2D eigenvalue weighted by Crippen LogP contribution is -2.53. The van der Waals surface area contributed by atoms with Crippen LogP contribution in [0.25, 0.3) is 0 Å². The number of hydrogen-bond acceptors (Lipinski definition) is 6. The van der Waals surface area contributed by atoms with Gasteiger partial charge >= 0.3 is 7.12 Å². The molecule has 2 N–H and O–H groups in total. The topological polar surface area (TPSA) is 102 Å². The van der Waals surface area contributed by atoms with E-state index in [4.69, 9.17) is 4.65 Å². The Morgan fingerprint density at radius 1 is 1.38 bits per heavy atom. The molecule has 0 spiro atoms. The molecule has 9 heteroatoms. The molecule has 0 amide bonds. The zero-order chi connectivity index (χ0) is 16.1. The monoisotopic (exact) mass is 316 g/mol. The van der Waals surface area contributed by atoms with Crippen molar-refractivity contribution in [2.24, 2.45) is 0 Å². The highest BCUT2D eigenvalue weighted by Gasteiger charge is 2.41. The Hall–Kier alpha value is -0.895. The first kappa shape index (κ1) is 16.5. The van der Waals surface area contributed by atoms with Gasteiger partial charge < -0.3 is 14.8 Å². The number of rotatable bonds is 6. The minimum atomic E-state index is -3.46. The highest BCUT2D eigenvalue weighted by Crippen LogP contribution is 2.29. The predicted molar refractivity (Wildman–Crippen MR) is 78.6 cm³/mol. The second-order valence-corrected chi connectivity index (χ2v) is 8.50. The van der Waals surface area contributed by atoms with E-state index in [-0.39, 0.29) is 10.7 Å². The quantitative estimate of drug-likeness (QED) is 0.685. The lowest BCUT2D eigenvalue weighted by atomic mass is 9.78. The van der Waals surface area contributed by atoms with Crippen molar-refractivity contribution >= 4 is 22.6 Å². The lowest BCUT2D eigenvalue weighted by Gasteiger charge is -2.38. The molecule has 1 aliphatic carbocycles. The van der Waals surface area contributed by atoms with E-state index in [1.165, 1.54) is 12.4 Å². The fraction of sp³-hybridized carbons (Fsp3) is 0.750. The Labute approximate surface area is 125 Å². The van der Waals surface area contributed by atoms with E-state index in [9.17, 15) is 18.5 Å². The van der Waals surface area contributed by atoms with Gasteiger partial charge in [0.05, 0.1) is 16.5 Å². The average molecular weight is 316 g/mol. The Balaban J connectivity index is 2.15. The fourth-order valence-electron chi connectivity index (χ4n) is 1.59. The highest BCUT2D eigenvalue weighted by atomic mass is 32.2. The summed E-state index contributed by atoms with van der Waals surface area (Å²) in [5.74, 6) is 0. The van der Waals surface area contributed by atoms with Crippen LogP contribution in [-0.2, 0) is 14.7 Å². The molecule has 0 radical (unpaired) electrons. The standard InChI is InChI=1S/C12H21BN2O5S/c1-11(2,16)12(3,4)20-13(17)9-7-14-15(8-9)21(18,19)10-5-6-10/h7-8,10,16-17H,5-6H2,1-4H3. The third kappa shape index (κ3) is 3.31. The number of aromatic nitrogens is 2. The maximum Gasteiger partial charge on any atom is 0.494 e. The van der Waals surface area contributed by atoms with Crippen molar-refractivity contribution in [3.63, 3.8) is 0 Å². The van der Waals surface area contributed by atoms with Crippen LogP contribution in [0.4, 0.5) is 0 Å². The molecule has 1 aliphatic rings. The molecule has 118 valence electrons. The van der Waals surface area contributed by atoms with Gasteiger partial charge in [0, 0.05) is 17.9 Å². The normalized spacial score (nSPS) is 17.0. The summed E-state index contributed by atoms with van der Waals surface area (Å²) >= 11 is 0. The SMILES string of the molecule is CC(C)(O)C(C)(C)OB(O)c1cnn(S(=O)(=O)C2CC2)c1. The molecule has 2 rings (SSSR count). The van der Waals surface area contributed by atoms with Crippen molar-refractivity contribution in [1.82, 2.24) is 9.19 Å². The molecule has 0 aromatic carbocycles. The summed E-state index contributed by atoms with van der Waals surface area (Å²) in [6.07, 6.45) is 3.79. The van der Waals surface area contributed by atoms with Crippen LogP contribution in [0.2, 0.25) is 0 Å². The van der Waals surface area contributed by atoms with Crippen LogP contribution in [0.15, 0.2) is 12.4 Å². The Bertz CT molecular complexity index is 616. The molecule has 0 bridgehead atoms. The molecule has 1 aromatic heterocycles. The number of nitrogens with zero attached hydrogens (tertiary/aromatic N) is 2. The van der Waals surface area contributed by atoms with Crippen LogP contribution in [0, 0.1) is 0 Å². The molecule has 0 saturated heterocycles. The Kier molecular flexibility index (Phi) is 3.99. The van der Waals surface area contributed by atoms with E-state index in [1.54, 1.807) is 27.7 Å². The van der Waals surface area contributed by atoms with E-state index in [2.05, 4.69) is 5.10 Å². The van der Waals surface area contributed by atoms with Gasteiger partial charge in [0.25, 0.3) is 10.0 Å². The molecule has 1 saturated carbocycles. The Morgan fingerprint density at radius 3 is 2.43 bits per heavy atom. The van der Waals surface area contributed by atoms with Gasteiger partial charge in [-0.05, 0) is 40.5 Å². The van der Waals surface area contributed by atoms with Gasteiger partial charge in [-0.1, -0.05) is 0 Å². The summed E-state index contributed by atoms with van der Waals surface area (Å²) in [6.45, 7) is 6.42. The molecule has 0 aliphatic heterocycles. The van der Waals surface area contributed by atoms with Crippen LogP contribution >= 0.6 is 0 Å². The molecular weight excluding hydrogens is 295 g/mol. The minimum Gasteiger partial charge on any atom is -0.423 e. The van der Waals surface area contributed by atoms with Crippen LogP contribution < -0.4 is 5.46 Å². The predicted octanol–water partition coefficient (Wildman–Crippen LogP) is -0.523. The maximum absolute atomic E-state index is 12.0. The van der Waals surface area contributed by atoms with Crippen LogP contribution in [-0.4, -0.2) is 51.3 Å². The smallest absolute Gasteiger partial charge is 0.423 e. The average Bonchev–Trinajstić information content (AvgIpc) is 3.04. The molecule has 21 heavy (non-hydrogen) atoms. The summed E-state index contributed by atoms with van der Waals surface area (Å²) in [4.78, 5) is 0. The van der Waals surface area contributed by atoms with Crippen LogP contribution in [0.5, 0.6) is 0 Å². The molecule has 1 aromatic rings. The first-order valence-corrected chi connectivity index (χ1v) is 8.33. The van der Waals surface area contributed by atoms with Gasteiger partial charge in [-0.15, -0.1) is 0 Å². The Morgan fingerprint density at radius 2 is 1.95 bits per heavy atom. The van der Waals surface area contributed by atoms with Crippen molar-refractivity contribution in [1.29, 1.82) is 0 Å². The summed E-state index contributed by atoms with van der Waals surface area (Å²) < 4.78 is 30.4. The van der Waals surface area contributed by atoms with Crippen molar-refractivity contribution in [3.05, 3.63) is 12.4 Å². The van der Waals surface area contributed by atoms with Gasteiger partial charge in [0.2, 0.25) is 0 Å². The summed E-state index contributed by atoms with van der Waals surface area (Å²) in [5.41, 5.74) is -1.97. The second-order valence-electron chi connectivity index (χ2n) is 6.43. The number of hydrogen-bond donors (Lipinski definition) is 2. The fourth-order valence-corrected chi connectivity index (χ4v) is 3.08. The molecule has 7 nitrogen and oxygen atoms in total.